The molecule has 0 unspecified atom stereocenters. The first-order valence-corrected chi connectivity index (χ1v) is 7.24. The first-order chi connectivity index (χ1) is 9.92. The first kappa shape index (κ1) is 11.4. The number of aromatic nitrogens is 3. The normalized spacial score (nSPS) is 11.0. The van der Waals surface area contributed by atoms with Gasteiger partial charge in [0.05, 0.1) is 21.4 Å². The molecule has 0 aliphatic rings. The number of benzene rings is 2. The molecule has 0 saturated heterocycles. The molecule has 2 aromatic heterocycles. The summed E-state index contributed by atoms with van der Waals surface area (Å²) in [6.45, 7) is 0. The number of rotatable bonds is 2. The number of nitrogens with zero attached hydrogens (tertiary/aromatic N) is 2. The summed E-state index contributed by atoms with van der Waals surface area (Å²) in [6.07, 6.45) is 0. The third-order valence-corrected chi connectivity index (χ3v) is 4.09. The molecule has 0 atom stereocenters. The molecule has 4 rings (SSSR count). The van der Waals surface area contributed by atoms with Crippen molar-refractivity contribution in [2.24, 2.45) is 0 Å². The van der Waals surface area contributed by atoms with Gasteiger partial charge in [0.2, 0.25) is 0 Å². The highest BCUT2D eigenvalue weighted by atomic mass is 32.1. The summed E-state index contributed by atoms with van der Waals surface area (Å²) < 4.78 is 0. The zero-order chi connectivity index (χ0) is 13.4. The van der Waals surface area contributed by atoms with E-state index in [0.717, 1.165) is 27.4 Å². The van der Waals surface area contributed by atoms with Crippen LogP contribution in [0.2, 0.25) is 0 Å². The highest BCUT2D eigenvalue weighted by Gasteiger charge is 2.14. The number of thiazole rings is 1. The van der Waals surface area contributed by atoms with Gasteiger partial charge in [-0.2, -0.15) is 0 Å². The number of H-pyrrole nitrogens is 1. The van der Waals surface area contributed by atoms with E-state index in [4.69, 9.17) is 0 Å². The van der Waals surface area contributed by atoms with Gasteiger partial charge >= 0.3 is 0 Å². The maximum absolute atomic E-state index is 4.63. The van der Waals surface area contributed by atoms with Gasteiger partial charge in [-0.25, -0.2) is 9.97 Å². The van der Waals surface area contributed by atoms with Gasteiger partial charge in [-0.1, -0.05) is 42.5 Å². The smallest absolute Gasteiger partial charge is 0.158 e. The van der Waals surface area contributed by atoms with E-state index in [-0.39, 0.29) is 0 Å². The van der Waals surface area contributed by atoms with Crippen molar-refractivity contribution in [1.82, 2.24) is 15.0 Å². The lowest BCUT2D eigenvalue weighted by molar-refractivity contribution is 1.27. The number of imidazole rings is 1. The van der Waals surface area contributed by atoms with Crippen molar-refractivity contribution in [1.29, 1.82) is 0 Å². The lowest BCUT2D eigenvalue weighted by Gasteiger charge is -1.99. The monoisotopic (exact) mass is 277 g/mol. The van der Waals surface area contributed by atoms with E-state index < -0.39 is 0 Å². The molecular weight excluding hydrogens is 266 g/mol. The maximum Gasteiger partial charge on any atom is 0.158 e. The van der Waals surface area contributed by atoms with Gasteiger partial charge in [0.1, 0.15) is 5.69 Å². The molecule has 0 bridgehead atoms. The van der Waals surface area contributed by atoms with Crippen LogP contribution in [0.1, 0.15) is 0 Å². The maximum atomic E-state index is 4.63. The Morgan fingerprint density at radius 3 is 2.55 bits per heavy atom. The molecule has 0 radical (unpaired) electrons. The molecule has 2 aromatic carbocycles. The molecule has 0 spiro atoms. The highest BCUT2D eigenvalue weighted by Crippen LogP contribution is 2.33. The van der Waals surface area contributed by atoms with E-state index in [1.165, 1.54) is 5.56 Å². The summed E-state index contributed by atoms with van der Waals surface area (Å²) >= 11 is 1.64. The van der Waals surface area contributed by atoms with Crippen LogP contribution in [-0.4, -0.2) is 15.0 Å². The summed E-state index contributed by atoms with van der Waals surface area (Å²) in [5.74, 6) is 0.825. The Labute approximate surface area is 120 Å². The van der Waals surface area contributed by atoms with Crippen molar-refractivity contribution in [3.63, 3.8) is 0 Å². The summed E-state index contributed by atoms with van der Waals surface area (Å²) in [4.78, 5) is 13.6. The molecule has 4 aromatic rings. The van der Waals surface area contributed by atoms with Crippen LogP contribution in [0.25, 0.3) is 33.0 Å². The van der Waals surface area contributed by atoms with Crippen LogP contribution in [0.15, 0.2) is 60.1 Å². The molecule has 0 aliphatic carbocycles. The quantitative estimate of drug-likeness (QED) is 0.591. The molecule has 4 heteroatoms. The molecule has 0 amide bonds. The predicted octanol–water partition coefficient (Wildman–Crippen LogP) is 4.35. The fraction of sp³-hybridized carbons (Fsp3) is 0. The van der Waals surface area contributed by atoms with Gasteiger partial charge in [0.25, 0.3) is 0 Å². The van der Waals surface area contributed by atoms with Crippen LogP contribution in [0.5, 0.6) is 0 Å². The zero-order valence-electron chi connectivity index (χ0n) is 10.6. The number of hydrogen-bond donors (Lipinski definition) is 1. The van der Waals surface area contributed by atoms with Crippen LogP contribution in [0, 0.1) is 0 Å². The minimum Gasteiger partial charge on any atom is -0.337 e. The Morgan fingerprint density at radius 2 is 1.70 bits per heavy atom. The van der Waals surface area contributed by atoms with Crippen LogP contribution < -0.4 is 0 Å². The fourth-order valence-corrected chi connectivity index (χ4v) is 3.07. The second-order valence-corrected chi connectivity index (χ2v) is 5.35. The van der Waals surface area contributed by atoms with E-state index in [0.29, 0.717) is 0 Å². The Bertz CT molecular complexity index is 828. The van der Waals surface area contributed by atoms with Gasteiger partial charge in [0.15, 0.2) is 5.82 Å². The highest BCUT2D eigenvalue weighted by molar-refractivity contribution is 7.13. The minimum absolute atomic E-state index is 0.825. The SMILES string of the molecule is c1ccc(-c2scnc2-c2nc3ccccc3[nH]2)cc1. The zero-order valence-corrected chi connectivity index (χ0v) is 11.4. The number of aromatic amines is 1. The Morgan fingerprint density at radius 1 is 0.900 bits per heavy atom. The number of para-hydroxylation sites is 2. The van der Waals surface area contributed by atoms with Crippen LogP contribution in [-0.2, 0) is 0 Å². The predicted molar refractivity (Wildman–Crippen MR) is 82.6 cm³/mol. The Balaban J connectivity index is 1.89. The average Bonchev–Trinajstić information content (AvgIpc) is 3.14. The Kier molecular flexibility index (Phi) is 2.60. The Hall–Kier alpha value is -2.46. The second-order valence-electron chi connectivity index (χ2n) is 4.50. The molecule has 96 valence electrons. The van der Waals surface area contributed by atoms with Crippen LogP contribution in [0.3, 0.4) is 0 Å². The number of nitrogens with one attached hydrogen (secondary N) is 1. The largest absolute Gasteiger partial charge is 0.337 e. The van der Waals surface area contributed by atoms with Crippen molar-refractivity contribution in [3.05, 3.63) is 60.1 Å². The third kappa shape index (κ3) is 1.82. The van der Waals surface area contributed by atoms with Gasteiger partial charge in [0, 0.05) is 0 Å². The van der Waals surface area contributed by atoms with Gasteiger partial charge in [-0.15, -0.1) is 11.3 Å². The number of fused-ring (bicyclic) bond motifs is 1. The van der Waals surface area contributed by atoms with Crippen LogP contribution >= 0.6 is 11.3 Å². The van der Waals surface area contributed by atoms with Crippen molar-refractivity contribution >= 4 is 22.4 Å². The second kappa shape index (κ2) is 4.58. The summed E-state index contributed by atoms with van der Waals surface area (Å²) in [7, 11) is 0. The topological polar surface area (TPSA) is 41.6 Å². The number of hydrogen-bond acceptors (Lipinski definition) is 3. The van der Waals surface area contributed by atoms with Crippen molar-refractivity contribution in [3.8, 4) is 22.0 Å². The van der Waals surface area contributed by atoms with Crippen molar-refractivity contribution in [2.45, 2.75) is 0 Å². The van der Waals surface area contributed by atoms with E-state index in [9.17, 15) is 0 Å². The van der Waals surface area contributed by atoms with E-state index in [2.05, 4.69) is 27.1 Å². The summed E-state index contributed by atoms with van der Waals surface area (Å²) in [5.41, 5.74) is 5.96. The fourth-order valence-electron chi connectivity index (χ4n) is 2.27. The van der Waals surface area contributed by atoms with Gasteiger partial charge in [-0.05, 0) is 17.7 Å². The van der Waals surface area contributed by atoms with Gasteiger partial charge in [-0.3, -0.25) is 0 Å². The molecular formula is C16H11N3S. The van der Waals surface area contributed by atoms with Crippen molar-refractivity contribution in [2.75, 3.05) is 0 Å². The summed E-state index contributed by atoms with van der Waals surface area (Å²) in [5, 5.41) is 0. The average molecular weight is 277 g/mol. The van der Waals surface area contributed by atoms with Crippen LogP contribution in [0.4, 0.5) is 0 Å². The minimum atomic E-state index is 0.825. The molecule has 20 heavy (non-hydrogen) atoms. The first-order valence-electron chi connectivity index (χ1n) is 6.36. The van der Waals surface area contributed by atoms with E-state index in [1.807, 2.05) is 48.0 Å². The molecule has 3 nitrogen and oxygen atoms in total. The molecule has 0 fully saturated rings. The lowest BCUT2D eigenvalue weighted by atomic mass is 10.1. The van der Waals surface area contributed by atoms with Gasteiger partial charge < -0.3 is 4.98 Å². The summed E-state index contributed by atoms with van der Waals surface area (Å²) in [6, 6.07) is 18.3. The van der Waals surface area contributed by atoms with E-state index in [1.54, 1.807) is 11.3 Å². The molecule has 1 N–H and O–H groups in total. The standard InChI is InChI=1S/C16H11N3S/c1-2-6-11(7-3-1)15-14(17-10-20-15)16-18-12-8-4-5-9-13(12)19-16/h1-10H,(H,18,19). The third-order valence-electron chi connectivity index (χ3n) is 3.22. The van der Waals surface area contributed by atoms with Crippen molar-refractivity contribution < 1.29 is 0 Å². The molecule has 0 saturated carbocycles. The molecule has 2 heterocycles. The molecule has 0 aliphatic heterocycles. The van der Waals surface area contributed by atoms with E-state index >= 15 is 0 Å². The lowest BCUT2D eigenvalue weighted by Crippen LogP contribution is -1.83.